The summed E-state index contributed by atoms with van der Waals surface area (Å²) in [6, 6.07) is 5.52. The van der Waals surface area contributed by atoms with Crippen LogP contribution < -0.4 is 5.32 Å². The van der Waals surface area contributed by atoms with Crippen LogP contribution in [0.4, 0.5) is 4.39 Å². The van der Waals surface area contributed by atoms with Gasteiger partial charge in [0.2, 0.25) is 0 Å². The summed E-state index contributed by atoms with van der Waals surface area (Å²) in [5.41, 5.74) is 2.70. The largest absolute Gasteiger partial charge is 0.352 e. The summed E-state index contributed by atoms with van der Waals surface area (Å²) in [4.78, 5) is 11.7. The zero-order valence-electron chi connectivity index (χ0n) is 10.7. The van der Waals surface area contributed by atoms with Crippen LogP contribution >= 0.6 is 0 Å². The van der Waals surface area contributed by atoms with E-state index >= 15 is 0 Å². The zero-order chi connectivity index (χ0) is 13.7. The summed E-state index contributed by atoms with van der Waals surface area (Å²) >= 11 is 0. The molecule has 0 aliphatic heterocycles. The minimum absolute atomic E-state index is 0.177. The molecule has 1 amide bonds. The van der Waals surface area contributed by atoms with Crippen molar-refractivity contribution in [1.29, 1.82) is 0 Å². The monoisotopic (exact) mass is 261 g/mol. The quantitative estimate of drug-likeness (QED) is 0.811. The molecule has 4 nitrogen and oxygen atoms in total. The average Bonchev–Trinajstić information content (AvgIpc) is 2.81. The molecule has 0 radical (unpaired) electrons. The highest BCUT2D eigenvalue weighted by molar-refractivity contribution is 5.94. The van der Waals surface area contributed by atoms with Crippen molar-refractivity contribution in [3.63, 3.8) is 0 Å². The number of H-pyrrole nitrogens is 1. The van der Waals surface area contributed by atoms with Crippen LogP contribution in [0.2, 0.25) is 0 Å². The molecule has 1 heterocycles. The lowest BCUT2D eigenvalue weighted by Crippen LogP contribution is -2.24. The molecule has 5 heteroatoms. The third kappa shape index (κ3) is 3.64. The van der Waals surface area contributed by atoms with Crippen molar-refractivity contribution >= 4 is 5.91 Å². The molecular formula is C14H16FN3O. The molecule has 0 aliphatic carbocycles. The van der Waals surface area contributed by atoms with Gasteiger partial charge >= 0.3 is 0 Å². The van der Waals surface area contributed by atoms with E-state index in [0.717, 1.165) is 24.1 Å². The second-order valence-corrected chi connectivity index (χ2v) is 4.39. The third-order valence-electron chi connectivity index (χ3n) is 2.95. The van der Waals surface area contributed by atoms with Gasteiger partial charge in [0, 0.05) is 17.8 Å². The first-order chi connectivity index (χ1) is 9.16. The van der Waals surface area contributed by atoms with E-state index in [-0.39, 0.29) is 11.7 Å². The number of carbonyl (C=O) groups is 1. The Balaban J connectivity index is 1.75. The first-order valence-electron chi connectivity index (χ1n) is 6.19. The molecule has 2 N–H and O–H groups in total. The molecule has 1 aromatic carbocycles. The van der Waals surface area contributed by atoms with Crippen molar-refractivity contribution in [2.45, 2.75) is 19.8 Å². The molecule has 1 aromatic heterocycles. The fourth-order valence-corrected chi connectivity index (χ4v) is 1.81. The number of halogens is 1. The lowest BCUT2D eigenvalue weighted by Gasteiger charge is -2.05. The van der Waals surface area contributed by atoms with E-state index in [1.54, 1.807) is 6.20 Å². The second kappa shape index (κ2) is 6.13. The van der Waals surface area contributed by atoms with Crippen molar-refractivity contribution < 1.29 is 9.18 Å². The molecule has 0 aliphatic rings. The predicted octanol–water partition coefficient (Wildman–Crippen LogP) is 2.22. The molecule has 0 fully saturated rings. The smallest absolute Gasteiger partial charge is 0.251 e. The van der Waals surface area contributed by atoms with E-state index in [4.69, 9.17) is 0 Å². The van der Waals surface area contributed by atoms with Gasteiger partial charge in [-0.2, -0.15) is 5.10 Å². The first kappa shape index (κ1) is 13.3. The number of carbonyl (C=O) groups excluding carboxylic acids is 1. The molecule has 100 valence electrons. The molecule has 0 saturated carbocycles. The van der Waals surface area contributed by atoms with Crippen molar-refractivity contribution in [1.82, 2.24) is 15.5 Å². The SMILES string of the molecule is Cc1[nH]ncc1CCCNC(=O)c1ccc(F)cc1. The zero-order valence-corrected chi connectivity index (χ0v) is 10.7. The van der Waals surface area contributed by atoms with Crippen molar-refractivity contribution in [2.24, 2.45) is 0 Å². The molecule has 0 bridgehead atoms. The molecule has 0 unspecified atom stereocenters. The lowest BCUT2D eigenvalue weighted by atomic mass is 10.1. The van der Waals surface area contributed by atoms with E-state index in [1.807, 2.05) is 6.92 Å². The van der Waals surface area contributed by atoms with Gasteiger partial charge in [0.25, 0.3) is 5.91 Å². The number of rotatable bonds is 5. The van der Waals surface area contributed by atoms with Crippen LogP contribution in [0.1, 0.15) is 28.0 Å². The Hall–Kier alpha value is -2.17. The standard InChI is InChI=1S/C14H16FN3O/c1-10-12(9-17-18-10)3-2-8-16-14(19)11-4-6-13(15)7-5-11/h4-7,9H,2-3,8H2,1H3,(H,16,19)(H,17,18). The maximum Gasteiger partial charge on any atom is 0.251 e. The average molecular weight is 261 g/mol. The van der Waals surface area contributed by atoms with Crippen LogP contribution in [0.3, 0.4) is 0 Å². The van der Waals surface area contributed by atoms with Crippen LogP contribution in [0.5, 0.6) is 0 Å². The minimum Gasteiger partial charge on any atom is -0.352 e. The van der Waals surface area contributed by atoms with E-state index in [9.17, 15) is 9.18 Å². The summed E-state index contributed by atoms with van der Waals surface area (Å²) in [5.74, 6) is -0.518. The maximum atomic E-state index is 12.7. The Kier molecular flexibility index (Phi) is 4.28. The van der Waals surface area contributed by atoms with Crippen molar-refractivity contribution in [2.75, 3.05) is 6.54 Å². The molecule has 0 saturated heterocycles. The number of amides is 1. The van der Waals surface area contributed by atoms with Crippen molar-refractivity contribution in [3.8, 4) is 0 Å². The van der Waals surface area contributed by atoms with Crippen LogP contribution in [0, 0.1) is 12.7 Å². The fourth-order valence-electron chi connectivity index (χ4n) is 1.81. The number of benzene rings is 1. The minimum atomic E-state index is -0.341. The van der Waals surface area contributed by atoms with Gasteiger partial charge < -0.3 is 5.32 Å². The summed E-state index contributed by atoms with van der Waals surface area (Å²) < 4.78 is 12.7. The highest BCUT2D eigenvalue weighted by Crippen LogP contribution is 2.06. The molecular weight excluding hydrogens is 245 g/mol. The number of aryl methyl sites for hydroxylation is 2. The predicted molar refractivity (Wildman–Crippen MR) is 70.4 cm³/mol. The normalized spacial score (nSPS) is 10.4. The van der Waals surface area contributed by atoms with Crippen LogP contribution in [0.15, 0.2) is 30.5 Å². The van der Waals surface area contributed by atoms with Gasteiger partial charge in [-0.05, 0) is 49.6 Å². The number of aromatic amines is 1. The number of hydrogen-bond donors (Lipinski definition) is 2. The van der Waals surface area contributed by atoms with Gasteiger partial charge in [-0.15, -0.1) is 0 Å². The first-order valence-corrected chi connectivity index (χ1v) is 6.19. The van der Waals surface area contributed by atoms with E-state index in [1.165, 1.54) is 24.3 Å². The number of nitrogens with zero attached hydrogens (tertiary/aromatic N) is 1. The molecule has 0 spiro atoms. The van der Waals surface area contributed by atoms with E-state index in [2.05, 4.69) is 15.5 Å². The Bertz CT molecular complexity index is 548. The summed E-state index contributed by atoms with van der Waals surface area (Å²) in [7, 11) is 0. The Morgan fingerprint density at radius 2 is 2.11 bits per heavy atom. The number of hydrogen-bond acceptors (Lipinski definition) is 2. The summed E-state index contributed by atoms with van der Waals surface area (Å²) in [5, 5.41) is 9.63. The molecule has 0 atom stereocenters. The summed E-state index contributed by atoms with van der Waals surface area (Å²) in [6.45, 7) is 2.56. The van der Waals surface area contributed by atoms with Crippen molar-refractivity contribution in [3.05, 3.63) is 53.1 Å². The van der Waals surface area contributed by atoms with Gasteiger partial charge in [-0.1, -0.05) is 0 Å². The third-order valence-corrected chi connectivity index (χ3v) is 2.95. The Labute approximate surface area is 111 Å². The highest BCUT2D eigenvalue weighted by atomic mass is 19.1. The number of nitrogens with one attached hydrogen (secondary N) is 2. The lowest BCUT2D eigenvalue weighted by molar-refractivity contribution is 0.0953. The number of aromatic nitrogens is 2. The second-order valence-electron chi connectivity index (χ2n) is 4.39. The van der Waals surface area contributed by atoms with Crippen LogP contribution in [-0.2, 0) is 6.42 Å². The topological polar surface area (TPSA) is 57.8 Å². The summed E-state index contributed by atoms with van der Waals surface area (Å²) in [6.07, 6.45) is 3.51. The Morgan fingerprint density at radius 3 is 2.74 bits per heavy atom. The Morgan fingerprint density at radius 1 is 1.37 bits per heavy atom. The van der Waals surface area contributed by atoms with Gasteiger partial charge in [-0.3, -0.25) is 9.89 Å². The van der Waals surface area contributed by atoms with E-state index in [0.29, 0.717) is 12.1 Å². The van der Waals surface area contributed by atoms with Gasteiger partial charge in [0.05, 0.1) is 6.20 Å². The molecule has 2 rings (SSSR count). The van der Waals surface area contributed by atoms with Gasteiger partial charge in [-0.25, -0.2) is 4.39 Å². The van der Waals surface area contributed by atoms with Crippen LogP contribution in [0.25, 0.3) is 0 Å². The highest BCUT2D eigenvalue weighted by Gasteiger charge is 2.05. The fraction of sp³-hybridized carbons (Fsp3) is 0.286. The van der Waals surface area contributed by atoms with E-state index < -0.39 is 0 Å². The van der Waals surface area contributed by atoms with Crippen LogP contribution in [-0.4, -0.2) is 22.6 Å². The van der Waals surface area contributed by atoms with Gasteiger partial charge in [0.15, 0.2) is 0 Å². The molecule has 2 aromatic rings. The molecule has 19 heavy (non-hydrogen) atoms. The maximum absolute atomic E-state index is 12.7. The van der Waals surface area contributed by atoms with Gasteiger partial charge in [0.1, 0.15) is 5.82 Å².